The molecule has 3 heterocycles. The van der Waals surface area contributed by atoms with Crippen LogP contribution in [0, 0.1) is 11.6 Å². The van der Waals surface area contributed by atoms with Gasteiger partial charge in [-0.2, -0.15) is 0 Å². The van der Waals surface area contributed by atoms with E-state index in [1.54, 1.807) is 12.4 Å². The normalized spacial score (nSPS) is 11.3. The van der Waals surface area contributed by atoms with Crippen molar-refractivity contribution in [2.45, 2.75) is 0 Å². The smallest absolute Gasteiger partial charge is 0.138 e. The predicted octanol–water partition coefficient (Wildman–Crippen LogP) is 5.89. The molecule has 0 aliphatic rings. The van der Waals surface area contributed by atoms with Crippen LogP contribution in [-0.2, 0) is 0 Å². The monoisotopic (exact) mass is 346 g/mol. The van der Waals surface area contributed by atoms with E-state index >= 15 is 0 Å². The van der Waals surface area contributed by atoms with Crippen molar-refractivity contribution in [1.82, 2.24) is 9.97 Å². The van der Waals surface area contributed by atoms with Crippen molar-refractivity contribution in [2.75, 3.05) is 0 Å². The van der Waals surface area contributed by atoms with E-state index in [0.717, 1.165) is 22.6 Å². The summed E-state index contributed by atoms with van der Waals surface area (Å²) < 4.78 is 28.0. The molecule has 0 saturated carbocycles. The molecule has 0 aliphatic heterocycles. The summed E-state index contributed by atoms with van der Waals surface area (Å²) in [6, 6.07) is 7.28. The van der Waals surface area contributed by atoms with Gasteiger partial charge in [0.15, 0.2) is 0 Å². The van der Waals surface area contributed by atoms with Crippen molar-refractivity contribution in [3.63, 3.8) is 0 Å². The second kappa shape index (κ2) is 5.44. The first-order valence-corrected chi connectivity index (χ1v) is 8.05. The summed E-state index contributed by atoms with van der Waals surface area (Å²) in [7, 11) is 0. The maximum atomic E-state index is 14.2. The van der Waals surface area contributed by atoms with Gasteiger partial charge in [0.05, 0.1) is 4.34 Å². The first kappa shape index (κ1) is 14.4. The molecule has 1 N–H and O–H groups in total. The quantitative estimate of drug-likeness (QED) is 0.481. The van der Waals surface area contributed by atoms with Gasteiger partial charge in [-0.3, -0.25) is 0 Å². The zero-order valence-corrected chi connectivity index (χ0v) is 13.2. The number of H-pyrrole nitrogens is 1. The van der Waals surface area contributed by atoms with E-state index in [2.05, 4.69) is 9.97 Å². The Morgan fingerprint density at radius 2 is 1.91 bits per heavy atom. The Bertz CT molecular complexity index is 1020. The fourth-order valence-corrected chi connectivity index (χ4v) is 3.55. The third-order valence-corrected chi connectivity index (χ3v) is 4.76. The molecule has 6 heteroatoms. The van der Waals surface area contributed by atoms with Crippen molar-refractivity contribution < 1.29 is 8.78 Å². The Balaban J connectivity index is 2.02. The van der Waals surface area contributed by atoms with Crippen molar-refractivity contribution in [3.8, 4) is 22.3 Å². The minimum Gasteiger partial charge on any atom is -0.345 e. The number of nitrogens with zero attached hydrogens (tertiary/aromatic N) is 1. The highest BCUT2D eigenvalue weighted by molar-refractivity contribution is 7.14. The number of rotatable bonds is 2. The standard InChI is InChI=1S/C17H9ClF2N2S/c18-15-5-9(8-23-15)11-3-4-21-17-16(11)13(7-22-17)12-2-1-10(19)6-14(12)20/h1-8H,(H,21,22). The molecule has 0 fully saturated rings. The van der Waals surface area contributed by atoms with Crippen LogP contribution in [0.1, 0.15) is 0 Å². The van der Waals surface area contributed by atoms with Gasteiger partial charge in [-0.25, -0.2) is 13.8 Å². The van der Waals surface area contributed by atoms with Crippen LogP contribution in [0.4, 0.5) is 8.78 Å². The molecular formula is C17H9ClF2N2S. The van der Waals surface area contributed by atoms with Gasteiger partial charge >= 0.3 is 0 Å². The molecule has 0 saturated heterocycles. The number of fused-ring (bicyclic) bond motifs is 1. The largest absolute Gasteiger partial charge is 0.345 e. The van der Waals surface area contributed by atoms with Gasteiger partial charge in [0, 0.05) is 40.4 Å². The highest BCUT2D eigenvalue weighted by Gasteiger charge is 2.16. The number of aromatic amines is 1. The number of pyridine rings is 1. The van der Waals surface area contributed by atoms with E-state index in [1.165, 1.54) is 23.5 Å². The van der Waals surface area contributed by atoms with Gasteiger partial charge in [-0.1, -0.05) is 11.6 Å². The van der Waals surface area contributed by atoms with Gasteiger partial charge in [0.1, 0.15) is 17.3 Å². The molecule has 0 unspecified atom stereocenters. The zero-order valence-electron chi connectivity index (χ0n) is 11.6. The maximum Gasteiger partial charge on any atom is 0.138 e. The Kier molecular flexibility index (Phi) is 3.39. The molecule has 1 aromatic carbocycles. The SMILES string of the molecule is Fc1ccc(-c2c[nH]c3nccc(-c4csc(Cl)c4)c23)c(F)c1. The number of halogens is 3. The van der Waals surface area contributed by atoms with Crippen molar-refractivity contribution in [2.24, 2.45) is 0 Å². The van der Waals surface area contributed by atoms with Crippen LogP contribution in [0.25, 0.3) is 33.3 Å². The van der Waals surface area contributed by atoms with E-state index in [-0.39, 0.29) is 0 Å². The first-order valence-electron chi connectivity index (χ1n) is 6.79. The highest BCUT2D eigenvalue weighted by atomic mass is 35.5. The number of benzene rings is 1. The van der Waals surface area contributed by atoms with E-state index < -0.39 is 11.6 Å². The van der Waals surface area contributed by atoms with Gasteiger partial charge in [-0.15, -0.1) is 11.3 Å². The summed E-state index contributed by atoms with van der Waals surface area (Å²) in [6.45, 7) is 0. The molecule has 3 aromatic heterocycles. The second-order valence-corrected chi connectivity index (χ2v) is 6.59. The fraction of sp³-hybridized carbons (Fsp3) is 0. The molecule has 4 rings (SSSR count). The highest BCUT2D eigenvalue weighted by Crippen LogP contribution is 2.38. The molecule has 4 aromatic rings. The third-order valence-electron chi connectivity index (χ3n) is 3.67. The lowest BCUT2D eigenvalue weighted by Gasteiger charge is -2.06. The van der Waals surface area contributed by atoms with Gasteiger partial charge in [0.25, 0.3) is 0 Å². The van der Waals surface area contributed by atoms with E-state index in [1.807, 2.05) is 17.5 Å². The Morgan fingerprint density at radius 1 is 1.04 bits per heavy atom. The lowest BCUT2D eigenvalue weighted by Crippen LogP contribution is -1.87. The van der Waals surface area contributed by atoms with E-state index in [9.17, 15) is 8.78 Å². The average Bonchev–Trinajstić information content (AvgIpc) is 3.13. The minimum absolute atomic E-state index is 0.327. The molecular weight excluding hydrogens is 338 g/mol. The van der Waals surface area contributed by atoms with Crippen LogP contribution in [0.5, 0.6) is 0 Å². The predicted molar refractivity (Wildman–Crippen MR) is 89.8 cm³/mol. The lowest BCUT2D eigenvalue weighted by molar-refractivity contribution is 0.585. The van der Waals surface area contributed by atoms with Crippen LogP contribution in [0.2, 0.25) is 4.34 Å². The maximum absolute atomic E-state index is 14.2. The summed E-state index contributed by atoms with van der Waals surface area (Å²) in [6.07, 6.45) is 3.37. The topological polar surface area (TPSA) is 28.7 Å². The lowest BCUT2D eigenvalue weighted by atomic mass is 9.99. The van der Waals surface area contributed by atoms with Crippen LogP contribution < -0.4 is 0 Å². The third kappa shape index (κ3) is 2.42. The molecule has 0 amide bonds. The number of thiophene rings is 1. The molecule has 114 valence electrons. The Hall–Kier alpha value is -2.24. The van der Waals surface area contributed by atoms with Crippen LogP contribution in [0.15, 0.2) is 48.1 Å². The summed E-state index contributed by atoms with van der Waals surface area (Å²) in [5, 5.41) is 2.72. The molecule has 0 spiro atoms. The van der Waals surface area contributed by atoms with Gasteiger partial charge in [0.2, 0.25) is 0 Å². The molecule has 23 heavy (non-hydrogen) atoms. The zero-order chi connectivity index (χ0) is 16.0. The molecule has 2 nitrogen and oxygen atoms in total. The molecule has 0 bridgehead atoms. The Labute approximate surface area is 139 Å². The summed E-state index contributed by atoms with van der Waals surface area (Å²) >= 11 is 7.46. The second-order valence-electron chi connectivity index (χ2n) is 5.05. The molecule has 0 aliphatic carbocycles. The number of aromatic nitrogens is 2. The average molecular weight is 347 g/mol. The van der Waals surface area contributed by atoms with Crippen molar-refractivity contribution in [1.29, 1.82) is 0 Å². The van der Waals surface area contributed by atoms with Crippen molar-refractivity contribution >= 4 is 34.0 Å². The number of hydrogen-bond donors (Lipinski definition) is 1. The van der Waals surface area contributed by atoms with E-state index in [0.29, 0.717) is 21.1 Å². The van der Waals surface area contributed by atoms with Gasteiger partial charge < -0.3 is 4.98 Å². The number of nitrogens with one attached hydrogen (secondary N) is 1. The van der Waals surface area contributed by atoms with Gasteiger partial charge in [-0.05, 0) is 35.4 Å². The van der Waals surface area contributed by atoms with Crippen LogP contribution in [0.3, 0.4) is 0 Å². The first-order chi connectivity index (χ1) is 11.1. The van der Waals surface area contributed by atoms with Crippen molar-refractivity contribution in [3.05, 3.63) is 64.1 Å². The molecule has 0 radical (unpaired) electrons. The van der Waals surface area contributed by atoms with E-state index in [4.69, 9.17) is 11.6 Å². The fourth-order valence-electron chi connectivity index (χ4n) is 2.67. The summed E-state index contributed by atoms with van der Waals surface area (Å²) in [5.74, 6) is -1.21. The summed E-state index contributed by atoms with van der Waals surface area (Å²) in [5.41, 5.74) is 3.45. The Morgan fingerprint density at radius 3 is 2.65 bits per heavy atom. The van der Waals surface area contributed by atoms with Crippen LogP contribution >= 0.6 is 22.9 Å². The minimum atomic E-state index is -0.607. The molecule has 0 atom stereocenters. The van der Waals surface area contributed by atoms with Crippen LogP contribution in [-0.4, -0.2) is 9.97 Å². The number of hydrogen-bond acceptors (Lipinski definition) is 2. The summed E-state index contributed by atoms with van der Waals surface area (Å²) in [4.78, 5) is 7.33.